The first kappa shape index (κ1) is 16.6. The average Bonchev–Trinajstić information content (AvgIpc) is 2.55. The van der Waals surface area contributed by atoms with Gasteiger partial charge >= 0.3 is 0 Å². The highest BCUT2D eigenvalue weighted by Gasteiger charge is 2.26. The Kier molecular flexibility index (Phi) is 6.01. The molecule has 4 nitrogen and oxygen atoms in total. The Morgan fingerprint density at radius 1 is 1.05 bits per heavy atom. The molecule has 0 saturated carbocycles. The van der Waals surface area contributed by atoms with E-state index in [0.29, 0.717) is 0 Å². The Morgan fingerprint density at radius 2 is 1.59 bits per heavy atom. The average molecular weight is 321 g/mol. The fraction of sp³-hybridized carbons (Fsp3) is 0.188. The number of hydrogen-bond donors (Lipinski definition) is 3. The molecule has 0 saturated heterocycles. The largest absolute Gasteiger partial charge is 0.349 e. The first-order valence-corrected chi connectivity index (χ1v) is 8.10. The molecule has 0 bridgehead atoms. The summed E-state index contributed by atoms with van der Waals surface area (Å²) in [5, 5.41) is 2.38. The van der Waals surface area contributed by atoms with Crippen LogP contribution in [-0.2, 0) is 11.2 Å². The number of hydrogen-bond acceptors (Lipinski definition) is 3. The molecule has 3 N–H and O–H groups in total. The van der Waals surface area contributed by atoms with Crippen LogP contribution in [0.15, 0.2) is 60.7 Å². The van der Waals surface area contributed by atoms with Crippen LogP contribution in [0.5, 0.6) is 0 Å². The Balaban J connectivity index is 2.03. The van der Waals surface area contributed by atoms with Crippen LogP contribution in [0.2, 0.25) is 0 Å². The van der Waals surface area contributed by atoms with Gasteiger partial charge in [0.2, 0.25) is 6.17 Å². The van der Waals surface area contributed by atoms with Crippen LogP contribution in [0.3, 0.4) is 0 Å². The molecule has 0 spiro atoms. The minimum absolute atomic E-state index is 0.229. The van der Waals surface area contributed by atoms with Gasteiger partial charge in [-0.05, 0) is 11.1 Å². The van der Waals surface area contributed by atoms with Gasteiger partial charge in [-0.25, -0.2) is 4.39 Å². The normalized spacial score (nSPS) is 13.6. The van der Waals surface area contributed by atoms with Gasteiger partial charge in [0.1, 0.15) is 5.78 Å². The minimum atomic E-state index is -2.41. The summed E-state index contributed by atoms with van der Waals surface area (Å²) < 4.78 is 14.1. The van der Waals surface area contributed by atoms with Gasteiger partial charge < -0.3 is 15.1 Å². The lowest BCUT2D eigenvalue weighted by atomic mass is 10.1. The molecule has 2 atom stereocenters. The van der Waals surface area contributed by atoms with E-state index in [0.717, 1.165) is 5.56 Å². The van der Waals surface area contributed by atoms with E-state index < -0.39 is 26.2 Å². The van der Waals surface area contributed by atoms with Crippen LogP contribution in [-0.4, -0.2) is 21.5 Å². The summed E-state index contributed by atoms with van der Waals surface area (Å²) in [6.07, 6.45) is -1.61. The number of halogens is 1. The summed E-state index contributed by atoms with van der Waals surface area (Å²) >= 11 is 0. The lowest BCUT2D eigenvalue weighted by Crippen LogP contribution is -2.37. The minimum Gasteiger partial charge on any atom is -0.349 e. The molecule has 0 unspecified atom stereocenters. The van der Waals surface area contributed by atoms with Gasteiger partial charge in [-0.1, -0.05) is 60.7 Å². The summed E-state index contributed by atoms with van der Waals surface area (Å²) in [5.74, 6) is -1.78. The van der Waals surface area contributed by atoms with Crippen LogP contribution in [0.1, 0.15) is 17.3 Å². The lowest BCUT2D eigenvalue weighted by Gasteiger charge is -2.21. The number of benzene rings is 2. The van der Waals surface area contributed by atoms with Crippen molar-refractivity contribution in [3.05, 3.63) is 71.8 Å². The molecular formula is C16H17FNO3P. The van der Waals surface area contributed by atoms with E-state index in [1.165, 1.54) is 12.1 Å². The van der Waals surface area contributed by atoms with E-state index in [2.05, 4.69) is 5.32 Å². The van der Waals surface area contributed by atoms with E-state index in [1.54, 1.807) is 18.2 Å². The zero-order chi connectivity index (χ0) is 15.9. The third-order valence-corrected chi connectivity index (χ3v) is 4.05. The van der Waals surface area contributed by atoms with Gasteiger partial charge in [0.15, 0.2) is 8.38 Å². The molecule has 116 valence electrons. The van der Waals surface area contributed by atoms with Crippen molar-refractivity contribution in [3.63, 3.8) is 0 Å². The molecule has 2 rings (SSSR count). The Bertz CT molecular complexity index is 595. The second kappa shape index (κ2) is 7.99. The van der Waals surface area contributed by atoms with Gasteiger partial charge in [-0.2, -0.15) is 0 Å². The molecule has 22 heavy (non-hydrogen) atoms. The number of nitrogens with one attached hydrogen (secondary N) is 1. The molecule has 0 aliphatic rings. The third-order valence-electron chi connectivity index (χ3n) is 3.18. The Morgan fingerprint density at radius 3 is 2.14 bits per heavy atom. The molecule has 0 aliphatic heterocycles. The first-order valence-electron chi connectivity index (χ1n) is 6.78. The molecule has 1 amide bonds. The van der Waals surface area contributed by atoms with Gasteiger partial charge in [0.05, 0.1) is 0 Å². The molecule has 0 aliphatic carbocycles. The van der Waals surface area contributed by atoms with Crippen molar-refractivity contribution in [2.45, 2.75) is 18.4 Å². The summed E-state index contributed by atoms with van der Waals surface area (Å²) in [5.41, 5.74) is 1.07. The maximum atomic E-state index is 14.1. The van der Waals surface area contributed by atoms with Crippen LogP contribution in [0.25, 0.3) is 0 Å². The SMILES string of the molecule is O=C(N[C@@H](Cc1ccccc1)P(O)O)[C@@H](F)c1ccccc1. The van der Waals surface area contributed by atoms with Gasteiger partial charge in [0.25, 0.3) is 5.91 Å². The monoisotopic (exact) mass is 321 g/mol. The number of carbonyl (C=O) groups is 1. The molecule has 6 heteroatoms. The number of amides is 1. The number of alkyl halides is 1. The van der Waals surface area contributed by atoms with Gasteiger partial charge in [-0.15, -0.1) is 0 Å². The van der Waals surface area contributed by atoms with E-state index in [4.69, 9.17) is 0 Å². The van der Waals surface area contributed by atoms with Crippen LogP contribution < -0.4 is 5.32 Å². The highest BCUT2D eigenvalue weighted by atomic mass is 31.2. The highest BCUT2D eigenvalue weighted by Crippen LogP contribution is 2.32. The Labute approximate surface area is 129 Å². The molecule has 0 aromatic heterocycles. The molecular weight excluding hydrogens is 304 g/mol. The van der Waals surface area contributed by atoms with Crippen molar-refractivity contribution in [2.24, 2.45) is 0 Å². The fourth-order valence-corrected chi connectivity index (χ4v) is 2.66. The summed E-state index contributed by atoms with van der Waals surface area (Å²) in [7, 11) is -2.41. The van der Waals surface area contributed by atoms with E-state index in [9.17, 15) is 19.0 Å². The maximum Gasteiger partial charge on any atom is 0.259 e. The predicted molar refractivity (Wildman–Crippen MR) is 83.7 cm³/mol. The Hall–Kier alpha value is -1.81. The zero-order valence-corrected chi connectivity index (χ0v) is 12.7. The summed E-state index contributed by atoms with van der Waals surface area (Å²) in [6, 6.07) is 17.1. The quantitative estimate of drug-likeness (QED) is 0.717. The van der Waals surface area contributed by atoms with Crippen molar-refractivity contribution in [1.82, 2.24) is 5.32 Å². The number of rotatable bonds is 6. The van der Waals surface area contributed by atoms with Crippen molar-refractivity contribution >= 4 is 14.3 Å². The summed E-state index contributed by atoms with van der Waals surface area (Å²) in [6.45, 7) is 0. The molecule has 0 heterocycles. The lowest BCUT2D eigenvalue weighted by molar-refractivity contribution is -0.126. The predicted octanol–water partition coefficient (Wildman–Crippen LogP) is 2.68. The fourth-order valence-electron chi connectivity index (χ4n) is 2.04. The first-order chi connectivity index (χ1) is 10.6. The van der Waals surface area contributed by atoms with Crippen LogP contribution in [0.4, 0.5) is 4.39 Å². The third kappa shape index (κ3) is 4.60. The number of carbonyl (C=O) groups excluding carboxylic acids is 1. The molecule has 0 radical (unpaired) electrons. The van der Waals surface area contributed by atoms with Crippen molar-refractivity contribution < 1.29 is 19.0 Å². The standard InChI is InChI=1S/C16H17FNO3P/c17-15(13-9-5-2-6-10-13)16(19)18-14(22(20)21)11-12-7-3-1-4-8-12/h1-10,14-15,20-21H,11H2,(H,18,19)/t14-,15+/m1/s1. The smallest absolute Gasteiger partial charge is 0.259 e. The maximum absolute atomic E-state index is 14.1. The van der Waals surface area contributed by atoms with Crippen LogP contribution in [0, 0.1) is 0 Å². The second-order valence-electron chi connectivity index (χ2n) is 4.81. The highest BCUT2D eigenvalue weighted by molar-refractivity contribution is 7.45. The van der Waals surface area contributed by atoms with E-state index in [-0.39, 0.29) is 12.0 Å². The summed E-state index contributed by atoms with van der Waals surface area (Å²) in [4.78, 5) is 30.9. The van der Waals surface area contributed by atoms with E-state index >= 15 is 0 Å². The second-order valence-corrected chi connectivity index (χ2v) is 6.07. The topological polar surface area (TPSA) is 69.6 Å². The van der Waals surface area contributed by atoms with E-state index in [1.807, 2.05) is 30.3 Å². The molecule has 0 fully saturated rings. The molecule has 2 aromatic rings. The van der Waals surface area contributed by atoms with Crippen LogP contribution >= 0.6 is 8.38 Å². The zero-order valence-electron chi connectivity index (χ0n) is 11.8. The van der Waals surface area contributed by atoms with Crippen molar-refractivity contribution in [2.75, 3.05) is 0 Å². The van der Waals surface area contributed by atoms with Crippen molar-refractivity contribution in [3.8, 4) is 0 Å². The van der Waals surface area contributed by atoms with Gasteiger partial charge in [-0.3, -0.25) is 4.79 Å². The molecule has 2 aromatic carbocycles. The van der Waals surface area contributed by atoms with Crippen molar-refractivity contribution in [1.29, 1.82) is 0 Å². The van der Waals surface area contributed by atoms with Gasteiger partial charge in [0, 0.05) is 6.42 Å².